The van der Waals surface area contributed by atoms with Gasteiger partial charge in [0.15, 0.2) is 0 Å². The van der Waals surface area contributed by atoms with Gasteiger partial charge in [0.2, 0.25) is 11.9 Å². The van der Waals surface area contributed by atoms with Gasteiger partial charge in [-0.3, -0.25) is 4.79 Å². The van der Waals surface area contributed by atoms with Crippen molar-refractivity contribution in [1.82, 2.24) is 25.2 Å². The van der Waals surface area contributed by atoms with Crippen molar-refractivity contribution >= 4 is 23.6 Å². The normalized spacial score (nSPS) is 10.9. The number of nitrogens with zero attached hydrogens (tertiary/aromatic N) is 4. The molecular weight excluding hydrogens is 506 g/mol. The van der Waals surface area contributed by atoms with Crippen molar-refractivity contribution in [2.45, 2.75) is 93.0 Å². The van der Waals surface area contributed by atoms with Crippen molar-refractivity contribution in [2.24, 2.45) is 0 Å². The number of carboxylic acids is 1. The second kappa shape index (κ2) is 22.5. The lowest BCUT2D eigenvalue weighted by molar-refractivity contribution is -0.138. The molecule has 0 bridgehead atoms. The average Bonchev–Trinajstić information content (AvgIpc) is 2.94. The van der Waals surface area contributed by atoms with Crippen LogP contribution in [-0.2, 0) is 22.4 Å². The fourth-order valence-corrected chi connectivity index (χ4v) is 3.73. The lowest BCUT2D eigenvalue weighted by Gasteiger charge is -2.24. The first-order valence-electron chi connectivity index (χ1n) is 14.6. The van der Waals surface area contributed by atoms with E-state index in [0.29, 0.717) is 32.0 Å². The monoisotopic (exact) mass is 559 g/mol. The third-order valence-corrected chi connectivity index (χ3v) is 5.73. The Balaban J connectivity index is 0.00000284. The highest BCUT2D eigenvalue weighted by Crippen LogP contribution is 2.15. The van der Waals surface area contributed by atoms with Crippen LogP contribution in [0, 0.1) is 6.92 Å². The SMILES string of the molecule is CC.CCC.CCc1ccc(CCCCN(CCNC(C)=O)CCC(Nc2ncc(C)cn2)C(=O)O)nc1NC. The van der Waals surface area contributed by atoms with Crippen molar-refractivity contribution in [3.8, 4) is 0 Å². The number of anilines is 2. The minimum atomic E-state index is -0.946. The maximum Gasteiger partial charge on any atom is 0.326 e. The molecule has 0 radical (unpaired) electrons. The predicted molar refractivity (Wildman–Crippen MR) is 165 cm³/mol. The summed E-state index contributed by atoms with van der Waals surface area (Å²) in [5, 5.41) is 18.6. The topological polar surface area (TPSA) is 132 Å². The fourth-order valence-electron chi connectivity index (χ4n) is 3.73. The molecule has 1 unspecified atom stereocenters. The number of aliphatic carboxylic acids is 1. The van der Waals surface area contributed by atoms with Crippen molar-refractivity contribution in [3.05, 3.63) is 41.3 Å². The Bertz CT molecular complexity index is 955. The summed E-state index contributed by atoms with van der Waals surface area (Å²) in [6, 6.07) is 3.41. The second-order valence-electron chi connectivity index (χ2n) is 9.31. The summed E-state index contributed by atoms with van der Waals surface area (Å²) in [7, 11) is 1.89. The van der Waals surface area contributed by atoms with Crippen molar-refractivity contribution in [3.63, 3.8) is 0 Å². The number of carbonyl (C=O) groups is 2. The number of hydrogen-bond donors (Lipinski definition) is 4. The molecule has 0 saturated carbocycles. The first-order valence-corrected chi connectivity index (χ1v) is 14.6. The van der Waals surface area contributed by atoms with Gasteiger partial charge in [0, 0.05) is 51.7 Å². The zero-order chi connectivity index (χ0) is 30.3. The first-order chi connectivity index (χ1) is 19.2. The van der Waals surface area contributed by atoms with Gasteiger partial charge in [0.25, 0.3) is 0 Å². The lowest BCUT2D eigenvalue weighted by Crippen LogP contribution is -2.39. The molecule has 0 aliphatic carbocycles. The number of amides is 1. The molecule has 40 heavy (non-hydrogen) atoms. The molecule has 1 amide bonds. The number of pyridine rings is 1. The van der Waals surface area contributed by atoms with Crippen molar-refractivity contribution in [1.29, 1.82) is 0 Å². The van der Waals surface area contributed by atoms with E-state index in [2.05, 4.69) is 63.7 Å². The number of aryl methyl sites for hydroxylation is 3. The molecular formula is C30H53N7O3. The highest BCUT2D eigenvalue weighted by atomic mass is 16.4. The van der Waals surface area contributed by atoms with Crippen LogP contribution in [0.1, 0.15) is 84.0 Å². The van der Waals surface area contributed by atoms with Gasteiger partial charge in [0.1, 0.15) is 11.9 Å². The summed E-state index contributed by atoms with van der Waals surface area (Å²) in [6.07, 6.45) is 8.67. The number of rotatable bonds is 16. The molecule has 2 rings (SSSR count). The van der Waals surface area contributed by atoms with Gasteiger partial charge in [-0.1, -0.05) is 47.1 Å². The van der Waals surface area contributed by atoms with Crippen LogP contribution in [0.15, 0.2) is 24.5 Å². The van der Waals surface area contributed by atoms with Crippen molar-refractivity contribution < 1.29 is 14.7 Å². The van der Waals surface area contributed by atoms with Crippen LogP contribution in [-0.4, -0.2) is 76.1 Å². The molecule has 0 spiro atoms. The minimum absolute atomic E-state index is 0.0755. The molecule has 10 nitrogen and oxygen atoms in total. The maximum atomic E-state index is 11.8. The fraction of sp³-hybridized carbons (Fsp3) is 0.633. The maximum absolute atomic E-state index is 11.8. The highest BCUT2D eigenvalue weighted by Gasteiger charge is 2.20. The molecule has 226 valence electrons. The summed E-state index contributed by atoms with van der Waals surface area (Å²) in [5.74, 6) is 0.216. The van der Waals surface area contributed by atoms with E-state index in [4.69, 9.17) is 4.98 Å². The molecule has 1 atom stereocenters. The number of nitrogens with one attached hydrogen (secondary N) is 3. The Morgan fingerprint density at radius 1 is 1.02 bits per heavy atom. The summed E-state index contributed by atoms with van der Waals surface area (Å²) >= 11 is 0. The quantitative estimate of drug-likeness (QED) is 0.211. The molecule has 0 aromatic carbocycles. The Hall–Kier alpha value is -3.27. The van der Waals surface area contributed by atoms with Gasteiger partial charge in [-0.25, -0.2) is 19.7 Å². The number of unbranched alkanes of at least 4 members (excludes halogenated alkanes) is 1. The Morgan fingerprint density at radius 2 is 1.68 bits per heavy atom. The van der Waals surface area contributed by atoms with Gasteiger partial charge in [-0.15, -0.1) is 0 Å². The van der Waals surface area contributed by atoms with Crippen LogP contribution in [0.3, 0.4) is 0 Å². The zero-order valence-corrected chi connectivity index (χ0v) is 26.0. The third-order valence-electron chi connectivity index (χ3n) is 5.73. The Morgan fingerprint density at radius 3 is 2.23 bits per heavy atom. The number of aromatic nitrogens is 3. The summed E-state index contributed by atoms with van der Waals surface area (Å²) in [4.78, 5) is 38.3. The van der Waals surface area contributed by atoms with E-state index in [1.54, 1.807) is 12.4 Å². The summed E-state index contributed by atoms with van der Waals surface area (Å²) in [5.41, 5.74) is 3.17. The van der Waals surface area contributed by atoms with E-state index in [1.807, 2.05) is 27.8 Å². The van der Waals surface area contributed by atoms with Gasteiger partial charge in [-0.2, -0.15) is 0 Å². The Kier molecular flexibility index (Phi) is 20.7. The number of carboxylic acid groups (broad SMARTS) is 1. The number of hydrogen-bond acceptors (Lipinski definition) is 8. The molecule has 0 aliphatic heterocycles. The molecule has 2 heterocycles. The van der Waals surface area contributed by atoms with Gasteiger partial charge in [-0.05, 0) is 62.8 Å². The van der Waals surface area contributed by atoms with E-state index < -0.39 is 12.0 Å². The van der Waals surface area contributed by atoms with Gasteiger partial charge < -0.3 is 26.0 Å². The summed E-state index contributed by atoms with van der Waals surface area (Å²) < 4.78 is 0. The molecule has 0 fully saturated rings. The van der Waals surface area contributed by atoms with Crippen molar-refractivity contribution in [2.75, 3.05) is 43.9 Å². The molecule has 0 saturated heterocycles. The number of carbonyl (C=O) groups excluding carboxylic acids is 1. The Labute approximate surface area is 241 Å². The molecule has 2 aromatic rings. The van der Waals surface area contributed by atoms with E-state index in [9.17, 15) is 14.7 Å². The van der Waals surface area contributed by atoms with Crippen LogP contribution in [0.25, 0.3) is 0 Å². The van der Waals surface area contributed by atoms with Gasteiger partial charge in [0.05, 0.1) is 0 Å². The van der Waals surface area contributed by atoms with Crippen LogP contribution in [0.5, 0.6) is 0 Å². The average molecular weight is 560 g/mol. The van der Waals surface area contributed by atoms with E-state index in [-0.39, 0.29) is 5.91 Å². The highest BCUT2D eigenvalue weighted by molar-refractivity contribution is 5.76. The van der Waals surface area contributed by atoms with Crippen LogP contribution < -0.4 is 16.0 Å². The van der Waals surface area contributed by atoms with Gasteiger partial charge >= 0.3 is 5.97 Å². The van der Waals surface area contributed by atoms with E-state index in [0.717, 1.165) is 49.3 Å². The zero-order valence-electron chi connectivity index (χ0n) is 26.0. The van der Waals surface area contributed by atoms with E-state index in [1.165, 1.54) is 18.9 Å². The molecule has 0 aliphatic rings. The lowest BCUT2D eigenvalue weighted by atomic mass is 10.1. The van der Waals surface area contributed by atoms with Crippen LogP contribution in [0.2, 0.25) is 0 Å². The van der Waals surface area contributed by atoms with E-state index >= 15 is 0 Å². The first kappa shape index (κ1) is 36.7. The van der Waals surface area contributed by atoms with Crippen LogP contribution in [0.4, 0.5) is 11.8 Å². The summed E-state index contributed by atoms with van der Waals surface area (Å²) in [6.45, 7) is 16.3. The minimum Gasteiger partial charge on any atom is -0.480 e. The third kappa shape index (κ3) is 16.0. The molecule has 10 heteroatoms. The molecule has 4 N–H and O–H groups in total. The van der Waals surface area contributed by atoms with Crippen LogP contribution >= 0.6 is 0 Å². The second-order valence-corrected chi connectivity index (χ2v) is 9.31. The predicted octanol–water partition coefficient (Wildman–Crippen LogP) is 4.94. The largest absolute Gasteiger partial charge is 0.480 e. The molecule has 2 aromatic heterocycles. The smallest absolute Gasteiger partial charge is 0.326 e. The standard InChI is InChI=1S/C25H39N7O3.C3H8.C2H6/c1-5-20-9-10-21(30-23(20)26-4)8-6-7-13-32(15-12-27-19(3)33)14-11-22(24(34)35)31-25-28-16-18(2)17-29-25;1-3-2;1-2/h9-10,16-17,22H,5-8,11-15H2,1-4H3,(H,26,30)(H,27,33)(H,34,35)(H,28,29,31);3H2,1-2H3;1-2H3.